The summed E-state index contributed by atoms with van der Waals surface area (Å²) in [6, 6.07) is 6.92. The van der Waals surface area contributed by atoms with Gasteiger partial charge in [0, 0.05) is 19.6 Å². The quantitative estimate of drug-likeness (QED) is 0.419. The number of hydrogen-bond donors (Lipinski definition) is 3. The van der Waals surface area contributed by atoms with Gasteiger partial charge in [-0.1, -0.05) is 30.7 Å². The number of nitrogens with two attached hydrogens (primary N) is 1. The third-order valence-corrected chi connectivity index (χ3v) is 2.67. The molecular formula is C13H19ClN4O. The van der Waals surface area contributed by atoms with Gasteiger partial charge in [0.15, 0.2) is 5.96 Å². The number of guanidine groups is 1. The summed E-state index contributed by atoms with van der Waals surface area (Å²) in [7, 11) is 0. The summed E-state index contributed by atoms with van der Waals surface area (Å²) in [5, 5.41) is 6.12. The van der Waals surface area contributed by atoms with Crippen LogP contribution in [0.5, 0.6) is 0 Å². The van der Waals surface area contributed by atoms with E-state index in [2.05, 4.69) is 15.6 Å². The van der Waals surface area contributed by atoms with Crippen LogP contribution in [0.4, 0.5) is 0 Å². The van der Waals surface area contributed by atoms with Crippen LogP contribution in [0.25, 0.3) is 0 Å². The maximum absolute atomic E-state index is 11.8. The van der Waals surface area contributed by atoms with Crippen LogP contribution in [0.2, 0.25) is 5.02 Å². The largest absolute Gasteiger partial charge is 0.370 e. The van der Waals surface area contributed by atoms with Gasteiger partial charge in [0.05, 0.1) is 10.6 Å². The van der Waals surface area contributed by atoms with E-state index in [9.17, 15) is 4.79 Å². The molecule has 104 valence electrons. The zero-order valence-electron chi connectivity index (χ0n) is 10.9. The normalized spacial score (nSPS) is 11.2. The number of amides is 1. The van der Waals surface area contributed by atoms with E-state index < -0.39 is 0 Å². The molecule has 0 spiro atoms. The molecule has 0 heterocycles. The van der Waals surface area contributed by atoms with Crippen molar-refractivity contribution in [2.45, 2.75) is 13.3 Å². The summed E-state index contributed by atoms with van der Waals surface area (Å²) >= 11 is 5.92. The van der Waals surface area contributed by atoms with Crippen LogP contribution >= 0.6 is 11.6 Å². The summed E-state index contributed by atoms with van der Waals surface area (Å²) in [5.41, 5.74) is 6.09. The second-order valence-electron chi connectivity index (χ2n) is 3.93. The topological polar surface area (TPSA) is 79.5 Å². The summed E-state index contributed by atoms with van der Waals surface area (Å²) < 4.78 is 0. The van der Waals surface area contributed by atoms with E-state index >= 15 is 0 Å². The first kappa shape index (κ1) is 15.3. The maximum atomic E-state index is 11.8. The van der Waals surface area contributed by atoms with E-state index in [1.165, 1.54) is 0 Å². The second-order valence-corrected chi connectivity index (χ2v) is 4.34. The van der Waals surface area contributed by atoms with Crippen LogP contribution in [0, 0.1) is 0 Å². The van der Waals surface area contributed by atoms with Crippen molar-refractivity contribution in [3.05, 3.63) is 34.9 Å². The molecule has 1 amide bonds. The first-order valence-corrected chi connectivity index (χ1v) is 6.59. The highest BCUT2D eigenvalue weighted by Crippen LogP contribution is 2.14. The Morgan fingerprint density at radius 2 is 2.00 bits per heavy atom. The summed E-state index contributed by atoms with van der Waals surface area (Å²) in [6.07, 6.45) is 0.950. The smallest absolute Gasteiger partial charge is 0.252 e. The van der Waals surface area contributed by atoms with Gasteiger partial charge in [0.1, 0.15) is 0 Å². The zero-order valence-corrected chi connectivity index (χ0v) is 11.7. The van der Waals surface area contributed by atoms with Gasteiger partial charge in [-0.15, -0.1) is 0 Å². The highest BCUT2D eigenvalue weighted by Gasteiger charge is 2.07. The van der Waals surface area contributed by atoms with Gasteiger partial charge in [-0.3, -0.25) is 9.79 Å². The van der Waals surface area contributed by atoms with Gasteiger partial charge < -0.3 is 16.4 Å². The van der Waals surface area contributed by atoms with Gasteiger partial charge in [0.2, 0.25) is 0 Å². The van der Waals surface area contributed by atoms with Crippen LogP contribution in [0.3, 0.4) is 0 Å². The van der Waals surface area contributed by atoms with Crippen molar-refractivity contribution in [2.75, 3.05) is 19.6 Å². The van der Waals surface area contributed by atoms with Gasteiger partial charge >= 0.3 is 0 Å². The molecule has 0 bridgehead atoms. The number of carbonyl (C=O) groups excluding carboxylic acids is 1. The van der Waals surface area contributed by atoms with Crippen LogP contribution in [-0.4, -0.2) is 31.5 Å². The molecule has 0 aromatic heterocycles. The predicted molar refractivity (Wildman–Crippen MR) is 78.6 cm³/mol. The Kier molecular flexibility index (Phi) is 6.74. The Morgan fingerprint density at radius 3 is 2.68 bits per heavy atom. The first-order chi connectivity index (χ1) is 9.15. The van der Waals surface area contributed by atoms with E-state index in [1.54, 1.807) is 24.3 Å². The van der Waals surface area contributed by atoms with Crippen molar-refractivity contribution in [1.29, 1.82) is 0 Å². The molecule has 0 radical (unpaired) electrons. The molecule has 1 aromatic carbocycles. The minimum absolute atomic E-state index is 0.198. The van der Waals surface area contributed by atoms with Crippen molar-refractivity contribution >= 4 is 23.5 Å². The lowest BCUT2D eigenvalue weighted by Gasteiger charge is -2.08. The molecule has 1 rings (SSSR count). The molecule has 6 heteroatoms. The number of nitrogens with one attached hydrogen (secondary N) is 2. The first-order valence-electron chi connectivity index (χ1n) is 6.21. The monoisotopic (exact) mass is 282 g/mol. The summed E-state index contributed by atoms with van der Waals surface area (Å²) in [5.74, 6) is 0.199. The van der Waals surface area contributed by atoms with Gasteiger partial charge in [-0.2, -0.15) is 0 Å². The van der Waals surface area contributed by atoms with Crippen LogP contribution in [0.15, 0.2) is 29.3 Å². The fourth-order valence-corrected chi connectivity index (χ4v) is 1.62. The standard InChI is InChI=1S/C13H19ClN4O/c1-2-7-17-13(15)18-9-8-16-12(19)10-5-3-4-6-11(10)14/h3-6H,2,7-9H2,1H3,(H,16,19)(H3,15,17,18). The third kappa shape index (κ3) is 5.61. The van der Waals surface area contributed by atoms with Crippen molar-refractivity contribution in [2.24, 2.45) is 10.7 Å². The van der Waals surface area contributed by atoms with E-state index in [0.29, 0.717) is 36.2 Å². The molecule has 0 aliphatic carbocycles. The van der Waals surface area contributed by atoms with Crippen LogP contribution in [-0.2, 0) is 0 Å². The molecular weight excluding hydrogens is 264 g/mol. The lowest BCUT2D eigenvalue weighted by atomic mass is 10.2. The van der Waals surface area contributed by atoms with Gasteiger partial charge in [-0.25, -0.2) is 0 Å². The fraction of sp³-hybridized carbons (Fsp3) is 0.385. The molecule has 0 saturated carbocycles. The second kappa shape index (κ2) is 8.37. The van der Waals surface area contributed by atoms with Crippen molar-refractivity contribution in [3.63, 3.8) is 0 Å². The predicted octanol–water partition coefficient (Wildman–Crippen LogP) is 1.38. The minimum atomic E-state index is -0.198. The zero-order chi connectivity index (χ0) is 14.1. The Bertz CT molecular complexity index is 448. The van der Waals surface area contributed by atoms with Crippen LogP contribution < -0.4 is 16.4 Å². The molecule has 5 nitrogen and oxygen atoms in total. The minimum Gasteiger partial charge on any atom is -0.370 e. The molecule has 0 aliphatic rings. The van der Waals surface area contributed by atoms with Crippen LogP contribution in [0.1, 0.15) is 23.7 Å². The number of halogens is 1. The molecule has 1 aromatic rings. The molecule has 0 aliphatic heterocycles. The van der Waals surface area contributed by atoms with Crippen molar-refractivity contribution in [3.8, 4) is 0 Å². The molecule has 19 heavy (non-hydrogen) atoms. The average Bonchev–Trinajstić information content (AvgIpc) is 2.41. The Labute approximate surface area is 118 Å². The lowest BCUT2D eigenvalue weighted by molar-refractivity contribution is 0.0954. The van der Waals surface area contributed by atoms with Gasteiger partial charge in [0.25, 0.3) is 5.91 Å². The SMILES string of the molecule is CCCN=C(N)NCCNC(=O)c1ccccc1Cl. The number of carbonyl (C=O) groups is 1. The summed E-state index contributed by atoms with van der Waals surface area (Å²) in [4.78, 5) is 15.9. The highest BCUT2D eigenvalue weighted by atomic mass is 35.5. The molecule has 0 saturated heterocycles. The maximum Gasteiger partial charge on any atom is 0.252 e. The van der Waals surface area contributed by atoms with Gasteiger partial charge in [-0.05, 0) is 18.6 Å². The Hall–Kier alpha value is -1.75. The Morgan fingerprint density at radius 1 is 1.32 bits per heavy atom. The van der Waals surface area contributed by atoms with E-state index in [-0.39, 0.29) is 5.91 Å². The Balaban J connectivity index is 2.30. The summed E-state index contributed by atoms with van der Waals surface area (Å²) in [6.45, 7) is 3.70. The molecule has 4 N–H and O–H groups in total. The number of rotatable bonds is 6. The number of benzene rings is 1. The number of nitrogens with zero attached hydrogens (tertiary/aromatic N) is 1. The fourth-order valence-electron chi connectivity index (χ4n) is 1.40. The third-order valence-electron chi connectivity index (χ3n) is 2.34. The molecule has 0 fully saturated rings. The van der Waals surface area contributed by atoms with E-state index in [0.717, 1.165) is 6.42 Å². The number of hydrogen-bond acceptors (Lipinski definition) is 2. The molecule has 0 unspecified atom stereocenters. The van der Waals surface area contributed by atoms with E-state index in [1.807, 2.05) is 6.92 Å². The van der Waals surface area contributed by atoms with Crippen molar-refractivity contribution in [1.82, 2.24) is 10.6 Å². The highest BCUT2D eigenvalue weighted by molar-refractivity contribution is 6.33. The lowest BCUT2D eigenvalue weighted by Crippen LogP contribution is -2.38. The van der Waals surface area contributed by atoms with E-state index in [4.69, 9.17) is 17.3 Å². The van der Waals surface area contributed by atoms with Crippen molar-refractivity contribution < 1.29 is 4.79 Å². The molecule has 0 atom stereocenters. The number of aliphatic imine (C=N–C) groups is 1. The average molecular weight is 283 g/mol.